The molecule has 1 N–H and O–H groups in total. The van der Waals surface area contributed by atoms with E-state index >= 15 is 0 Å². The van der Waals surface area contributed by atoms with Gasteiger partial charge in [0.05, 0.1) is 12.6 Å². The van der Waals surface area contributed by atoms with Crippen LogP contribution in [-0.2, 0) is 9.59 Å². The Bertz CT molecular complexity index is 561. The van der Waals surface area contributed by atoms with Crippen molar-refractivity contribution in [2.24, 2.45) is 0 Å². The maximum atomic E-state index is 13.0. The first-order chi connectivity index (χ1) is 10.9. The van der Waals surface area contributed by atoms with Gasteiger partial charge in [-0.1, -0.05) is 12.1 Å². The zero-order chi connectivity index (χ0) is 17.0. The maximum absolute atomic E-state index is 13.0. The monoisotopic (exact) mass is 322 g/mol. The van der Waals surface area contributed by atoms with E-state index in [0.29, 0.717) is 19.5 Å². The predicted octanol–water partition coefficient (Wildman–Crippen LogP) is 2.28. The smallest absolute Gasteiger partial charge is 0.320 e. The number of nitrogens with zero attached hydrogens (tertiary/aromatic N) is 2. The van der Waals surface area contributed by atoms with Crippen molar-refractivity contribution in [1.29, 1.82) is 0 Å². The molecule has 1 unspecified atom stereocenters. The Kier molecular flexibility index (Phi) is 5.71. The summed E-state index contributed by atoms with van der Waals surface area (Å²) in [5, 5.41) is 9.20. The van der Waals surface area contributed by atoms with Gasteiger partial charge in [0.1, 0.15) is 11.9 Å². The maximum Gasteiger partial charge on any atom is 0.320 e. The van der Waals surface area contributed by atoms with E-state index < -0.39 is 12.0 Å². The molecule has 5 nitrogen and oxygen atoms in total. The number of likely N-dealkylation sites (tertiary alicyclic amines) is 1. The number of halogens is 1. The highest BCUT2D eigenvalue weighted by atomic mass is 19.1. The van der Waals surface area contributed by atoms with Crippen LogP contribution >= 0.6 is 0 Å². The SMILES string of the molecule is CCN(C(=O)CN1CCC[C@H]1C(=O)O)C(C)c1ccc(F)cc1. The van der Waals surface area contributed by atoms with Crippen LogP contribution in [0, 0.1) is 5.82 Å². The van der Waals surface area contributed by atoms with E-state index in [-0.39, 0.29) is 24.3 Å². The lowest BCUT2D eigenvalue weighted by molar-refractivity contribution is -0.143. The number of rotatable bonds is 6. The van der Waals surface area contributed by atoms with Gasteiger partial charge < -0.3 is 10.0 Å². The molecule has 1 fully saturated rings. The normalized spacial score (nSPS) is 19.5. The number of carbonyl (C=O) groups excluding carboxylic acids is 1. The van der Waals surface area contributed by atoms with E-state index in [1.165, 1.54) is 12.1 Å². The molecule has 0 aliphatic carbocycles. The standard InChI is InChI=1S/C17H23FN2O3/c1-3-20(12(2)13-6-8-14(18)9-7-13)16(21)11-19-10-4-5-15(19)17(22)23/h6-9,12,15H,3-5,10-11H2,1-2H3,(H,22,23)/t12?,15-/m0/s1. The number of amides is 1. The Morgan fingerprint density at radius 3 is 2.61 bits per heavy atom. The van der Waals surface area contributed by atoms with Crippen molar-refractivity contribution in [1.82, 2.24) is 9.80 Å². The Hall–Kier alpha value is -1.95. The van der Waals surface area contributed by atoms with Gasteiger partial charge in [-0.3, -0.25) is 14.5 Å². The third-order valence-corrected chi connectivity index (χ3v) is 4.47. The van der Waals surface area contributed by atoms with Crippen molar-refractivity contribution in [2.75, 3.05) is 19.6 Å². The highest BCUT2D eigenvalue weighted by Gasteiger charge is 2.33. The van der Waals surface area contributed by atoms with E-state index in [1.54, 1.807) is 21.9 Å². The fourth-order valence-electron chi connectivity index (χ4n) is 3.15. The van der Waals surface area contributed by atoms with Crippen molar-refractivity contribution in [3.05, 3.63) is 35.6 Å². The lowest BCUT2D eigenvalue weighted by Gasteiger charge is -2.31. The summed E-state index contributed by atoms with van der Waals surface area (Å²) >= 11 is 0. The topological polar surface area (TPSA) is 60.9 Å². The van der Waals surface area contributed by atoms with Crippen molar-refractivity contribution in [2.45, 2.75) is 38.8 Å². The van der Waals surface area contributed by atoms with Gasteiger partial charge in [0.2, 0.25) is 5.91 Å². The van der Waals surface area contributed by atoms with Crippen LogP contribution < -0.4 is 0 Å². The van der Waals surface area contributed by atoms with Gasteiger partial charge in [-0.15, -0.1) is 0 Å². The van der Waals surface area contributed by atoms with Crippen LogP contribution in [0.2, 0.25) is 0 Å². The minimum Gasteiger partial charge on any atom is -0.480 e. The van der Waals surface area contributed by atoms with Gasteiger partial charge in [0.25, 0.3) is 0 Å². The van der Waals surface area contributed by atoms with Gasteiger partial charge in [0.15, 0.2) is 0 Å². The van der Waals surface area contributed by atoms with Gasteiger partial charge in [0, 0.05) is 6.54 Å². The molecule has 2 atom stereocenters. The van der Waals surface area contributed by atoms with Crippen LogP contribution in [0.1, 0.15) is 38.3 Å². The van der Waals surface area contributed by atoms with Crippen LogP contribution in [0.15, 0.2) is 24.3 Å². The zero-order valence-corrected chi connectivity index (χ0v) is 13.5. The van der Waals surface area contributed by atoms with E-state index in [9.17, 15) is 19.1 Å². The molecule has 2 rings (SSSR count). The first kappa shape index (κ1) is 17.4. The first-order valence-electron chi connectivity index (χ1n) is 7.95. The van der Waals surface area contributed by atoms with Crippen molar-refractivity contribution in [3.8, 4) is 0 Å². The van der Waals surface area contributed by atoms with E-state index in [1.807, 2.05) is 13.8 Å². The number of carbonyl (C=O) groups is 2. The molecule has 0 saturated carbocycles. The molecular formula is C17H23FN2O3. The van der Waals surface area contributed by atoms with Crippen molar-refractivity contribution in [3.63, 3.8) is 0 Å². The minimum absolute atomic E-state index is 0.0996. The molecule has 1 amide bonds. The molecule has 1 aromatic carbocycles. The zero-order valence-electron chi connectivity index (χ0n) is 13.5. The van der Waals surface area contributed by atoms with Gasteiger partial charge in [-0.2, -0.15) is 0 Å². The molecular weight excluding hydrogens is 299 g/mol. The molecule has 0 aromatic heterocycles. The second-order valence-corrected chi connectivity index (χ2v) is 5.87. The van der Waals surface area contributed by atoms with Crippen molar-refractivity contribution >= 4 is 11.9 Å². The average Bonchev–Trinajstić information content (AvgIpc) is 2.96. The highest BCUT2D eigenvalue weighted by Crippen LogP contribution is 2.22. The molecule has 0 spiro atoms. The largest absolute Gasteiger partial charge is 0.480 e. The van der Waals surface area contributed by atoms with E-state index in [2.05, 4.69) is 0 Å². The summed E-state index contributed by atoms with van der Waals surface area (Å²) in [5.74, 6) is -1.28. The lowest BCUT2D eigenvalue weighted by atomic mass is 10.1. The summed E-state index contributed by atoms with van der Waals surface area (Å²) in [6.45, 7) is 5.04. The van der Waals surface area contributed by atoms with E-state index in [4.69, 9.17) is 0 Å². The number of benzene rings is 1. The fraction of sp³-hybridized carbons (Fsp3) is 0.529. The summed E-state index contributed by atoms with van der Waals surface area (Å²) < 4.78 is 13.0. The van der Waals surface area contributed by atoms with Crippen LogP contribution in [-0.4, -0.2) is 52.5 Å². The van der Waals surface area contributed by atoms with Gasteiger partial charge in [-0.05, 0) is 50.9 Å². The lowest BCUT2D eigenvalue weighted by Crippen LogP contribution is -2.45. The number of hydrogen-bond acceptors (Lipinski definition) is 3. The number of hydrogen-bond donors (Lipinski definition) is 1. The highest BCUT2D eigenvalue weighted by molar-refractivity contribution is 5.80. The molecule has 1 aliphatic rings. The molecule has 1 heterocycles. The van der Waals surface area contributed by atoms with Crippen LogP contribution in [0.3, 0.4) is 0 Å². The van der Waals surface area contributed by atoms with Crippen LogP contribution in [0.5, 0.6) is 0 Å². The van der Waals surface area contributed by atoms with Gasteiger partial charge >= 0.3 is 5.97 Å². The number of aliphatic carboxylic acids is 1. The summed E-state index contributed by atoms with van der Waals surface area (Å²) in [6, 6.07) is 5.35. The molecule has 1 aliphatic heterocycles. The molecule has 0 radical (unpaired) electrons. The molecule has 1 saturated heterocycles. The molecule has 6 heteroatoms. The number of likely N-dealkylation sites (N-methyl/N-ethyl adjacent to an activating group) is 1. The summed E-state index contributed by atoms with van der Waals surface area (Å²) in [5.41, 5.74) is 0.859. The minimum atomic E-state index is -0.870. The first-order valence-corrected chi connectivity index (χ1v) is 7.95. The van der Waals surface area contributed by atoms with Gasteiger partial charge in [-0.25, -0.2) is 4.39 Å². The molecule has 23 heavy (non-hydrogen) atoms. The Balaban J connectivity index is 2.06. The summed E-state index contributed by atoms with van der Waals surface area (Å²) in [7, 11) is 0. The third-order valence-electron chi connectivity index (χ3n) is 4.47. The summed E-state index contributed by atoms with van der Waals surface area (Å²) in [6.07, 6.45) is 1.38. The Morgan fingerprint density at radius 2 is 2.04 bits per heavy atom. The molecule has 126 valence electrons. The van der Waals surface area contributed by atoms with Crippen molar-refractivity contribution < 1.29 is 19.1 Å². The third kappa shape index (κ3) is 4.07. The second kappa shape index (κ2) is 7.55. The average molecular weight is 322 g/mol. The predicted molar refractivity (Wildman–Crippen MR) is 84.4 cm³/mol. The van der Waals surface area contributed by atoms with E-state index in [0.717, 1.165) is 12.0 Å². The quantitative estimate of drug-likeness (QED) is 0.873. The summed E-state index contributed by atoms with van der Waals surface area (Å²) in [4.78, 5) is 27.2. The molecule has 1 aromatic rings. The number of carboxylic acids is 1. The number of carboxylic acid groups (broad SMARTS) is 1. The molecule has 0 bridgehead atoms. The van der Waals surface area contributed by atoms with Crippen LogP contribution in [0.4, 0.5) is 4.39 Å². The Morgan fingerprint density at radius 1 is 1.39 bits per heavy atom. The van der Waals surface area contributed by atoms with Crippen LogP contribution in [0.25, 0.3) is 0 Å². The second-order valence-electron chi connectivity index (χ2n) is 5.87. The Labute approximate surface area is 135 Å². The fourth-order valence-corrected chi connectivity index (χ4v) is 3.15.